The average Bonchev–Trinajstić information content (AvgIpc) is 2.09. The van der Waals surface area contributed by atoms with E-state index in [0.29, 0.717) is 24.5 Å². The molecule has 2 aliphatic carbocycles. The van der Waals surface area contributed by atoms with Crippen molar-refractivity contribution in [3.05, 3.63) is 0 Å². The number of Topliss-reactive ketones (excluding diaryl/α,β-unsaturated/α-hetero) is 1. The van der Waals surface area contributed by atoms with Crippen LogP contribution in [0.1, 0.15) is 45.4 Å². The van der Waals surface area contributed by atoms with Gasteiger partial charge in [0.1, 0.15) is 5.78 Å². The van der Waals surface area contributed by atoms with Gasteiger partial charge in [-0.25, -0.2) is 0 Å². The van der Waals surface area contributed by atoms with Crippen molar-refractivity contribution in [1.29, 1.82) is 0 Å². The molecular weight excluding hydrogens is 164 g/mol. The van der Waals surface area contributed by atoms with E-state index >= 15 is 0 Å². The fraction of sp³-hybridized carbons (Fsp3) is 0.909. The first-order valence-electron chi connectivity index (χ1n) is 5.33. The molecule has 0 spiro atoms. The van der Waals surface area contributed by atoms with Crippen molar-refractivity contribution in [1.82, 2.24) is 0 Å². The minimum atomic E-state index is -0.167. The van der Waals surface area contributed by atoms with Crippen LogP contribution in [0.15, 0.2) is 0 Å². The molecule has 0 saturated heterocycles. The molecule has 0 aromatic heterocycles. The van der Waals surface area contributed by atoms with Crippen LogP contribution >= 0.6 is 0 Å². The van der Waals surface area contributed by atoms with Crippen molar-refractivity contribution in [2.45, 2.75) is 51.6 Å². The Kier molecular flexibility index (Phi) is 2.18. The van der Waals surface area contributed by atoms with Crippen LogP contribution in [0.4, 0.5) is 0 Å². The molecule has 0 bridgehead atoms. The van der Waals surface area contributed by atoms with Crippen LogP contribution in [0.5, 0.6) is 0 Å². The molecule has 2 saturated carbocycles. The Morgan fingerprint density at radius 1 is 1.46 bits per heavy atom. The van der Waals surface area contributed by atoms with Gasteiger partial charge in [-0.05, 0) is 30.6 Å². The summed E-state index contributed by atoms with van der Waals surface area (Å²) in [6.07, 6.45) is 5.30. The first-order chi connectivity index (χ1) is 6.13. The maximum atomic E-state index is 11.3. The van der Waals surface area contributed by atoms with Gasteiger partial charge in [0, 0.05) is 12.8 Å². The highest BCUT2D eigenvalue weighted by Crippen LogP contribution is 2.49. The Morgan fingerprint density at radius 2 is 2.23 bits per heavy atom. The molecule has 2 nitrogen and oxygen atoms in total. The zero-order valence-electron chi connectivity index (χ0n) is 8.25. The normalized spacial score (nSPS) is 45.8. The molecule has 3 atom stereocenters. The zero-order valence-corrected chi connectivity index (χ0v) is 8.25. The number of hydrogen-bond donors (Lipinski definition) is 1. The highest BCUT2D eigenvalue weighted by molar-refractivity contribution is 5.79. The SMILES string of the molecule is C[C@@]12CCC(=O)C[C@H]1CCC[C@H]2O. The maximum absolute atomic E-state index is 11.3. The summed E-state index contributed by atoms with van der Waals surface area (Å²) in [6, 6.07) is 0. The Morgan fingerprint density at radius 3 is 3.00 bits per heavy atom. The summed E-state index contributed by atoms with van der Waals surface area (Å²) in [5, 5.41) is 9.94. The van der Waals surface area contributed by atoms with Gasteiger partial charge in [0.05, 0.1) is 6.10 Å². The summed E-state index contributed by atoms with van der Waals surface area (Å²) < 4.78 is 0. The smallest absolute Gasteiger partial charge is 0.133 e. The molecule has 2 fully saturated rings. The molecule has 74 valence electrons. The molecule has 2 rings (SSSR count). The number of aliphatic hydroxyl groups excluding tert-OH is 1. The van der Waals surface area contributed by atoms with Crippen molar-refractivity contribution in [3.8, 4) is 0 Å². The first kappa shape index (κ1) is 9.20. The summed E-state index contributed by atoms with van der Waals surface area (Å²) in [4.78, 5) is 11.3. The summed E-state index contributed by atoms with van der Waals surface area (Å²) in [7, 11) is 0. The Labute approximate surface area is 79.3 Å². The van der Waals surface area contributed by atoms with E-state index in [9.17, 15) is 9.90 Å². The van der Waals surface area contributed by atoms with Gasteiger partial charge < -0.3 is 5.11 Å². The van der Waals surface area contributed by atoms with Crippen molar-refractivity contribution in [2.24, 2.45) is 11.3 Å². The number of aliphatic hydroxyl groups is 1. The Balaban J connectivity index is 2.17. The number of carbonyl (C=O) groups is 1. The molecule has 1 N–H and O–H groups in total. The van der Waals surface area contributed by atoms with Crippen molar-refractivity contribution in [2.75, 3.05) is 0 Å². The maximum Gasteiger partial charge on any atom is 0.133 e. The minimum Gasteiger partial charge on any atom is -0.393 e. The molecule has 2 heteroatoms. The largest absolute Gasteiger partial charge is 0.393 e. The molecule has 13 heavy (non-hydrogen) atoms. The van der Waals surface area contributed by atoms with Crippen LogP contribution in [0, 0.1) is 11.3 Å². The van der Waals surface area contributed by atoms with Crippen LogP contribution in [0.25, 0.3) is 0 Å². The topological polar surface area (TPSA) is 37.3 Å². The number of carbonyl (C=O) groups excluding carboxylic acids is 1. The quantitative estimate of drug-likeness (QED) is 0.621. The highest BCUT2D eigenvalue weighted by atomic mass is 16.3. The van der Waals surface area contributed by atoms with Gasteiger partial charge in [-0.2, -0.15) is 0 Å². The molecule has 0 aliphatic heterocycles. The lowest BCUT2D eigenvalue weighted by atomic mass is 9.59. The van der Waals surface area contributed by atoms with Gasteiger partial charge in [-0.3, -0.25) is 4.79 Å². The van der Waals surface area contributed by atoms with Crippen molar-refractivity contribution >= 4 is 5.78 Å². The van der Waals surface area contributed by atoms with Crippen molar-refractivity contribution < 1.29 is 9.90 Å². The van der Waals surface area contributed by atoms with Gasteiger partial charge >= 0.3 is 0 Å². The van der Waals surface area contributed by atoms with E-state index < -0.39 is 0 Å². The van der Waals surface area contributed by atoms with E-state index in [2.05, 4.69) is 6.92 Å². The zero-order chi connectivity index (χ0) is 9.47. The van der Waals surface area contributed by atoms with Crippen LogP contribution in [0.3, 0.4) is 0 Å². The van der Waals surface area contributed by atoms with E-state index in [-0.39, 0.29) is 11.5 Å². The Hall–Kier alpha value is -0.370. The lowest BCUT2D eigenvalue weighted by Gasteiger charge is -2.47. The Bertz CT molecular complexity index is 224. The van der Waals surface area contributed by atoms with E-state index in [0.717, 1.165) is 25.7 Å². The van der Waals surface area contributed by atoms with E-state index in [1.165, 1.54) is 0 Å². The third-order valence-corrected chi connectivity index (χ3v) is 4.14. The number of rotatable bonds is 0. The molecule has 0 unspecified atom stereocenters. The fourth-order valence-corrected chi connectivity index (χ4v) is 2.98. The summed E-state index contributed by atoms with van der Waals surface area (Å²) in [5.74, 6) is 0.856. The lowest BCUT2D eigenvalue weighted by Crippen LogP contribution is -2.46. The first-order valence-corrected chi connectivity index (χ1v) is 5.33. The van der Waals surface area contributed by atoms with Crippen LogP contribution < -0.4 is 0 Å². The van der Waals surface area contributed by atoms with E-state index in [1.54, 1.807) is 0 Å². The average molecular weight is 182 g/mol. The van der Waals surface area contributed by atoms with Gasteiger partial charge in [0.2, 0.25) is 0 Å². The molecule has 0 aromatic rings. The molecule has 2 aliphatic rings. The van der Waals surface area contributed by atoms with Gasteiger partial charge in [0.25, 0.3) is 0 Å². The van der Waals surface area contributed by atoms with E-state index in [4.69, 9.17) is 0 Å². The highest BCUT2D eigenvalue weighted by Gasteiger charge is 2.46. The second-order valence-electron chi connectivity index (χ2n) is 4.89. The second-order valence-corrected chi connectivity index (χ2v) is 4.89. The number of hydrogen-bond acceptors (Lipinski definition) is 2. The van der Waals surface area contributed by atoms with Gasteiger partial charge in [0.15, 0.2) is 0 Å². The molecular formula is C11H18O2. The number of ketones is 1. The molecule has 0 amide bonds. The lowest BCUT2D eigenvalue weighted by molar-refractivity contribution is -0.131. The molecule has 0 aromatic carbocycles. The molecule has 0 heterocycles. The predicted octanol–water partition coefficient (Wildman–Crippen LogP) is 1.91. The van der Waals surface area contributed by atoms with Crippen molar-refractivity contribution in [3.63, 3.8) is 0 Å². The van der Waals surface area contributed by atoms with Crippen LogP contribution in [0.2, 0.25) is 0 Å². The third-order valence-electron chi connectivity index (χ3n) is 4.14. The molecule has 0 radical (unpaired) electrons. The van der Waals surface area contributed by atoms with E-state index in [1.807, 2.05) is 0 Å². The second kappa shape index (κ2) is 3.09. The summed E-state index contributed by atoms with van der Waals surface area (Å²) in [6.45, 7) is 2.16. The standard InChI is InChI=1S/C11H18O2/c1-11-6-5-9(12)7-8(11)3-2-4-10(11)13/h8,10,13H,2-7H2,1H3/t8-,10-,11-/m1/s1. The summed E-state index contributed by atoms with van der Waals surface area (Å²) >= 11 is 0. The van der Waals surface area contributed by atoms with Gasteiger partial charge in [-0.1, -0.05) is 13.3 Å². The van der Waals surface area contributed by atoms with Crippen LogP contribution in [-0.2, 0) is 4.79 Å². The van der Waals surface area contributed by atoms with Gasteiger partial charge in [-0.15, -0.1) is 0 Å². The minimum absolute atomic E-state index is 0.0478. The summed E-state index contributed by atoms with van der Waals surface area (Å²) in [5.41, 5.74) is 0.0478. The monoisotopic (exact) mass is 182 g/mol. The number of fused-ring (bicyclic) bond motifs is 1. The predicted molar refractivity (Wildman–Crippen MR) is 50.3 cm³/mol. The van der Waals surface area contributed by atoms with Crippen LogP contribution in [-0.4, -0.2) is 17.0 Å². The third kappa shape index (κ3) is 1.41. The fourth-order valence-electron chi connectivity index (χ4n) is 2.98.